The molecule has 0 bridgehead atoms. The maximum absolute atomic E-state index is 11.5. The van der Waals surface area contributed by atoms with Crippen LogP contribution in [0, 0.1) is 0 Å². The number of aromatic nitrogens is 2. The predicted molar refractivity (Wildman–Crippen MR) is 112 cm³/mol. The second-order valence-electron chi connectivity index (χ2n) is 6.92. The molecule has 2 heterocycles. The molecule has 2 N–H and O–H groups in total. The smallest absolute Gasteiger partial charge is 0.237 e. The van der Waals surface area contributed by atoms with Gasteiger partial charge in [-0.15, -0.1) is 11.6 Å². The highest BCUT2D eigenvalue weighted by Crippen LogP contribution is 2.20. The summed E-state index contributed by atoms with van der Waals surface area (Å²) in [6.45, 7) is 7.21. The van der Waals surface area contributed by atoms with E-state index in [0.29, 0.717) is 13.0 Å². The molecule has 1 aromatic heterocycles. The second-order valence-corrected chi connectivity index (χ2v) is 8.30. The summed E-state index contributed by atoms with van der Waals surface area (Å²) in [7, 11) is 1.67. The molecule has 28 heavy (non-hydrogen) atoms. The molecule has 7 nitrogen and oxygen atoms in total. The number of halogens is 1. The monoisotopic (exact) mass is 424 g/mol. The fraction of sp³-hybridized carbons (Fsp3) is 0.526. The number of anilines is 1. The Morgan fingerprint density at radius 1 is 1.43 bits per heavy atom. The van der Waals surface area contributed by atoms with Crippen molar-refractivity contribution in [3.8, 4) is 5.75 Å². The number of carbonyl (C=O) groups excluding carboxylic acids is 1. The van der Waals surface area contributed by atoms with Crippen molar-refractivity contribution in [1.82, 2.24) is 14.7 Å². The number of quaternary nitrogens is 1. The zero-order chi connectivity index (χ0) is 19.9. The van der Waals surface area contributed by atoms with Crippen molar-refractivity contribution in [3.05, 3.63) is 35.7 Å². The van der Waals surface area contributed by atoms with Gasteiger partial charge in [-0.3, -0.25) is 4.79 Å². The molecule has 0 spiro atoms. The molecule has 1 atom stereocenters. The lowest BCUT2D eigenvalue weighted by atomic mass is 10.1. The SMILES string of the molecule is COc1cccc(Cc2nsc(N3CC[NH+](CCNC(=O)[C@H](C)Cl)CC3)n2)c1. The molecular weight excluding hydrogens is 398 g/mol. The predicted octanol–water partition coefficient (Wildman–Crippen LogP) is 0.586. The topological polar surface area (TPSA) is 71.8 Å². The number of nitrogens with one attached hydrogen (secondary N) is 2. The van der Waals surface area contributed by atoms with Gasteiger partial charge in [0, 0.05) is 18.0 Å². The molecule has 1 aliphatic heterocycles. The molecular formula is C19H27ClN5O2S+. The third-order valence-corrected chi connectivity index (χ3v) is 5.85. The van der Waals surface area contributed by atoms with E-state index in [4.69, 9.17) is 21.3 Å². The van der Waals surface area contributed by atoms with Crippen LogP contribution >= 0.6 is 23.1 Å². The number of carbonyl (C=O) groups is 1. The van der Waals surface area contributed by atoms with Gasteiger partial charge in [0.1, 0.15) is 17.0 Å². The number of piperazine rings is 1. The van der Waals surface area contributed by atoms with Crippen molar-refractivity contribution < 1.29 is 14.4 Å². The summed E-state index contributed by atoms with van der Waals surface area (Å²) < 4.78 is 9.81. The highest BCUT2D eigenvalue weighted by Gasteiger charge is 2.22. The lowest BCUT2D eigenvalue weighted by molar-refractivity contribution is -0.899. The molecule has 2 aromatic rings. The lowest BCUT2D eigenvalue weighted by Gasteiger charge is -2.31. The fourth-order valence-corrected chi connectivity index (χ4v) is 3.99. The zero-order valence-corrected chi connectivity index (χ0v) is 17.9. The molecule has 1 aromatic carbocycles. The summed E-state index contributed by atoms with van der Waals surface area (Å²) in [5, 5.41) is 3.38. The number of hydrogen-bond donors (Lipinski definition) is 2. The summed E-state index contributed by atoms with van der Waals surface area (Å²) in [6.07, 6.45) is 0.706. The maximum atomic E-state index is 11.5. The Hall–Kier alpha value is -1.90. The zero-order valence-electron chi connectivity index (χ0n) is 16.3. The van der Waals surface area contributed by atoms with E-state index < -0.39 is 5.38 Å². The molecule has 3 rings (SSSR count). The molecule has 0 saturated carbocycles. The summed E-state index contributed by atoms with van der Waals surface area (Å²) >= 11 is 7.23. The van der Waals surface area contributed by atoms with E-state index in [1.807, 2.05) is 18.2 Å². The average molecular weight is 425 g/mol. The van der Waals surface area contributed by atoms with E-state index in [1.54, 1.807) is 14.0 Å². The Morgan fingerprint density at radius 2 is 2.21 bits per heavy atom. The van der Waals surface area contributed by atoms with Gasteiger partial charge in [-0.2, -0.15) is 4.37 Å². The van der Waals surface area contributed by atoms with Crippen molar-refractivity contribution in [2.75, 3.05) is 51.3 Å². The lowest BCUT2D eigenvalue weighted by Crippen LogP contribution is -3.15. The van der Waals surface area contributed by atoms with Crippen molar-refractivity contribution in [3.63, 3.8) is 0 Å². The normalized spacial score (nSPS) is 16.0. The van der Waals surface area contributed by atoms with Crippen LogP contribution in [0.3, 0.4) is 0 Å². The van der Waals surface area contributed by atoms with Crippen LogP contribution in [0.1, 0.15) is 18.3 Å². The molecule has 9 heteroatoms. The Kier molecular flexibility index (Phi) is 7.47. The Balaban J connectivity index is 1.45. The van der Waals surface area contributed by atoms with E-state index in [2.05, 4.69) is 20.7 Å². The van der Waals surface area contributed by atoms with Gasteiger partial charge in [-0.25, -0.2) is 4.98 Å². The molecule has 0 aliphatic carbocycles. The van der Waals surface area contributed by atoms with Crippen LogP contribution in [0.5, 0.6) is 5.75 Å². The van der Waals surface area contributed by atoms with Gasteiger partial charge in [0.2, 0.25) is 11.0 Å². The molecule has 0 unspecified atom stereocenters. The van der Waals surface area contributed by atoms with Gasteiger partial charge in [-0.05, 0) is 24.6 Å². The number of methoxy groups -OCH3 is 1. The molecule has 1 aliphatic rings. The Labute approximate surface area is 174 Å². The van der Waals surface area contributed by atoms with Crippen LogP contribution in [0.2, 0.25) is 0 Å². The van der Waals surface area contributed by atoms with Gasteiger partial charge < -0.3 is 19.9 Å². The van der Waals surface area contributed by atoms with Gasteiger partial charge in [-0.1, -0.05) is 12.1 Å². The first-order chi connectivity index (χ1) is 13.5. The molecule has 1 saturated heterocycles. The van der Waals surface area contributed by atoms with Crippen LogP contribution in [-0.4, -0.2) is 67.0 Å². The van der Waals surface area contributed by atoms with Gasteiger partial charge in [0.25, 0.3) is 0 Å². The van der Waals surface area contributed by atoms with E-state index >= 15 is 0 Å². The first-order valence-corrected chi connectivity index (χ1v) is 10.7. The van der Waals surface area contributed by atoms with E-state index in [-0.39, 0.29) is 5.91 Å². The van der Waals surface area contributed by atoms with Crippen molar-refractivity contribution in [2.45, 2.75) is 18.7 Å². The van der Waals surface area contributed by atoms with Crippen LogP contribution < -0.4 is 19.9 Å². The number of benzene rings is 1. The molecule has 1 amide bonds. The minimum atomic E-state index is -0.476. The summed E-state index contributed by atoms with van der Waals surface area (Å²) in [6, 6.07) is 8.01. The number of ether oxygens (including phenoxy) is 1. The first kappa shape index (κ1) is 20.8. The highest BCUT2D eigenvalue weighted by atomic mass is 35.5. The fourth-order valence-electron chi connectivity index (χ4n) is 3.18. The minimum absolute atomic E-state index is 0.0999. The second kappa shape index (κ2) is 10.0. The van der Waals surface area contributed by atoms with Gasteiger partial charge in [0.05, 0.1) is 46.4 Å². The number of alkyl halides is 1. The molecule has 1 fully saturated rings. The van der Waals surface area contributed by atoms with Crippen LogP contribution in [0.25, 0.3) is 0 Å². The average Bonchev–Trinajstić information content (AvgIpc) is 3.17. The van der Waals surface area contributed by atoms with E-state index in [9.17, 15) is 4.79 Å². The van der Waals surface area contributed by atoms with Crippen molar-refractivity contribution in [1.29, 1.82) is 0 Å². The van der Waals surface area contributed by atoms with Crippen molar-refractivity contribution >= 4 is 34.2 Å². The van der Waals surface area contributed by atoms with Crippen LogP contribution in [0.15, 0.2) is 24.3 Å². The summed E-state index contributed by atoms with van der Waals surface area (Å²) in [5.41, 5.74) is 1.14. The standard InChI is InChI=1S/C19H26ClN5O2S/c1-14(20)18(26)21-6-7-24-8-10-25(11-9-24)19-22-17(23-28-19)13-15-4-3-5-16(12-15)27-2/h3-5,12,14H,6-11,13H2,1-2H3,(H,21,26)/p+1/t14-/m0/s1. The molecule has 152 valence electrons. The first-order valence-electron chi connectivity index (χ1n) is 9.51. The van der Waals surface area contributed by atoms with Crippen molar-refractivity contribution in [2.24, 2.45) is 0 Å². The van der Waals surface area contributed by atoms with E-state index in [0.717, 1.165) is 55.0 Å². The third-order valence-electron chi connectivity index (χ3n) is 4.83. The van der Waals surface area contributed by atoms with Crippen LogP contribution in [0.4, 0.5) is 5.13 Å². The molecule has 0 radical (unpaired) electrons. The number of nitrogens with zero attached hydrogens (tertiary/aromatic N) is 3. The summed E-state index contributed by atoms with van der Waals surface area (Å²) in [5.74, 6) is 1.60. The minimum Gasteiger partial charge on any atom is -0.497 e. The number of amides is 1. The maximum Gasteiger partial charge on any atom is 0.237 e. The number of hydrogen-bond acceptors (Lipinski definition) is 6. The largest absolute Gasteiger partial charge is 0.497 e. The Bertz CT molecular complexity index is 777. The number of rotatable bonds is 8. The quantitative estimate of drug-likeness (QED) is 0.607. The summed E-state index contributed by atoms with van der Waals surface area (Å²) in [4.78, 5) is 20.0. The Morgan fingerprint density at radius 3 is 2.93 bits per heavy atom. The van der Waals surface area contributed by atoms with E-state index in [1.165, 1.54) is 16.4 Å². The third kappa shape index (κ3) is 5.80. The van der Waals surface area contributed by atoms with Crippen LogP contribution in [-0.2, 0) is 11.2 Å². The van der Waals surface area contributed by atoms with Gasteiger partial charge >= 0.3 is 0 Å². The highest BCUT2D eigenvalue weighted by molar-refractivity contribution is 7.09. The van der Waals surface area contributed by atoms with Gasteiger partial charge in [0.15, 0.2) is 0 Å².